The number of aromatic nitrogens is 2. The lowest BCUT2D eigenvalue weighted by atomic mass is 9.82. The first-order chi connectivity index (χ1) is 16.8. The molecule has 6 heteroatoms. The maximum atomic E-state index is 13.5. The third-order valence-corrected chi connectivity index (χ3v) is 6.70. The number of rotatable bonds is 7. The molecule has 4 rings (SSSR count). The molecule has 0 spiro atoms. The van der Waals surface area contributed by atoms with Crippen LogP contribution in [0.3, 0.4) is 0 Å². The number of carbonyl (C=O) groups excluding carboxylic acids is 1. The summed E-state index contributed by atoms with van der Waals surface area (Å²) >= 11 is 0. The highest BCUT2D eigenvalue weighted by Gasteiger charge is 2.34. The van der Waals surface area contributed by atoms with E-state index in [1.54, 1.807) is 9.58 Å². The molecule has 1 amide bonds. The number of anilines is 1. The maximum Gasteiger partial charge on any atom is 0.341 e. The highest BCUT2D eigenvalue weighted by molar-refractivity contribution is 6.01. The van der Waals surface area contributed by atoms with Crippen LogP contribution in [0, 0.1) is 11.8 Å². The predicted octanol–water partition coefficient (Wildman–Crippen LogP) is 6.31. The lowest BCUT2D eigenvalue weighted by Gasteiger charge is -2.32. The number of hydrogen-bond donors (Lipinski definition) is 1. The monoisotopic (exact) mass is 471 g/mol. The summed E-state index contributed by atoms with van der Waals surface area (Å²) in [5.41, 5.74) is 2.90. The second-order valence-electron chi connectivity index (χ2n) is 9.71. The summed E-state index contributed by atoms with van der Waals surface area (Å²) in [5, 5.41) is 14.5. The molecule has 1 saturated carbocycles. The van der Waals surface area contributed by atoms with Gasteiger partial charge in [0.15, 0.2) is 5.82 Å². The minimum atomic E-state index is -1.09. The summed E-state index contributed by atoms with van der Waals surface area (Å²) in [6.45, 7) is 6.03. The quantitative estimate of drug-likeness (QED) is 0.410. The Kier molecular flexibility index (Phi) is 7.49. The molecule has 2 aromatic carbocycles. The SMILES string of the molecule is CC(C)N(c1nn(-c2ccc(C=Cc3ccccc3)cc2)cc1C(=O)O)C(=O)[C@H]1CC[C@H](C)CC1. The minimum Gasteiger partial charge on any atom is -0.477 e. The van der Waals surface area contributed by atoms with Gasteiger partial charge in [-0.15, -0.1) is 5.10 Å². The van der Waals surface area contributed by atoms with Gasteiger partial charge >= 0.3 is 5.97 Å². The average Bonchev–Trinajstić information content (AvgIpc) is 3.29. The van der Waals surface area contributed by atoms with Gasteiger partial charge in [0.25, 0.3) is 0 Å². The lowest BCUT2D eigenvalue weighted by Crippen LogP contribution is -2.43. The second kappa shape index (κ2) is 10.7. The molecule has 1 fully saturated rings. The second-order valence-corrected chi connectivity index (χ2v) is 9.71. The molecule has 3 aromatic rings. The molecular weight excluding hydrogens is 438 g/mol. The zero-order valence-electron chi connectivity index (χ0n) is 20.6. The molecule has 0 atom stereocenters. The van der Waals surface area contributed by atoms with Crippen LogP contribution in [0.2, 0.25) is 0 Å². The van der Waals surface area contributed by atoms with Gasteiger partial charge in [0.2, 0.25) is 5.91 Å². The van der Waals surface area contributed by atoms with Crippen molar-refractivity contribution in [1.29, 1.82) is 0 Å². The van der Waals surface area contributed by atoms with Gasteiger partial charge in [0.05, 0.1) is 5.69 Å². The van der Waals surface area contributed by atoms with E-state index >= 15 is 0 Å². The van der Waals surface area contributed by atoms with Gasteiger partial charge < -0.3 is 5.11 Å². The Bertz CT molecular complexity index is 1190. The number of hydrogen-bond acceptors (Lipinski definition) is 3. The van der Waals surface area contributed by atoms with Crippen molar-refractivity contribution in [2.45, 2.75) is 52.5 Å². The number of carboxylic acids is 1. The summed E-state index contributed by atoms with van der Waals surface area (Å²) < 4.78 is 1.55. The number of amides is 1. The van der Waals surface area contributed by atoms with Crippen molar-refractivity contribution >= 4 is 29.8 Å². The van der Waals surface area contributed by atoms with E-state index in [1.807, 2.05) is 80.6 Å². The van der Waals surface area contributed by atoms with Crippen LogP contribution >= 0.6 is 0 Å². The molecule has 0 radical (unpaired) electrons. The van der Waals surface area contributed by atoms with E-state index in [1.165, 1.54) is 6.20 Å². The fourth-order valence-corrected chi connectivity index (χ4v) is 4.63. The van der Waals surface area contributed by atoms with Crippen molar-refractivity contribution in [2.24, 2.45) is 11.8 Å². The van der Waals surface area contributed by atoms with E-state index in [0.29, 0.717) is 5.92 Å². The largest absolute Gasteiger partial charge is 0.477 e. The Morgan fingerprint density at radius 1 is 0.971 bits per heavy atom. The molecule has 35 heavy (non-hydrogen) atoms. The van der Waals surface area contributed by atoms with E-state index in [-0.39, 0.29) is 29.2 Å². The molecule has 1 heterocycles. The van der Waals surface area contributed by atoms with Gasteiger partial charge in [-0.3, -0.25) is 9.69 Å². The van der Waals surface area contributed by atoms with E-state index in [9.17, 15) is 14.7 Å². The summed E-state index contributed by atoms with van der Waals surface area (Å²) in [6, 6.07) is 17.6. The number of nitrogens with zero attached hydrogens (tertiary/aromatic N) is 3. The van der Waals surface area contributed by atoms with Crippen molar-refractivity contribution in [3.63, 3.8) is 0 Å². The van der Waals surface area contributed by atoms with Crippen molar-refractivity contribution in [1.82, 2.24) is 9.78 Å². The Morgan fingerprint density at radius 3 is 2.14 bits per heavy atom. The number of carboxylic acid groups (broad SMARTS) is 1. The Morgan fingerprint density at radius 2 is 1.57 bits per heavy atom. The van der Waals surface area contributed by atoms with Crippen LogP contribution in [0.5, 0.6) is 0 Å². The van der Waals surface area contributed by atoms with Crippen LogP contribution in [-0.2, 0) is 4.79 Å². The number of aromatic carboxylic acids is 1. The molecular formula is C29H33N3O3. The Labute approximate surface area is 206 Å². The van der Waals surface area contributed by atoms with Crippen molar-refractivity contribution < 1.29 is 14.7 Å². The van der Waals surface area contributed by atoms with Gasteiger partial charge in [-0.1, -0.05) is 61.5 Å². The highest BCUT2D eigenvalue weighted by Crippen LogP contribution is 2.32. The van der Waals surface area contributed by atoms with E-state index in [4.69, 9.17) is 0 Å². The zero-order chi connectivity index (χ0) is 24.9. The zero-order valence-corrected chi connectivity index (χ0v) is 20.6. The van der Waals surface area contributed by atoms with Crippen LogP contribution in [-0.4, -0.2) is 32.8 Å². The van der Waals surface area contributed by atoms with E-state index < -0.39 is 5.97 Å². The van der Waals surface area contributed by atoms with Crippen molar-refractivity contribution in [2.75, 3.05) is 4.90 Å². The van der Waals surface area contributed by atoms with Crippen molar-refractivity contribution in [3.05, 3.63) is 77.5 Å². The number of carbonyl (C=O) groups is 2. The Balaban J connectivity index is 1.60. The third kappa shape index (κ3) is 5.70. The van der Waals surface area contributed by atoms with Crippen LogP contribution in [0.1, 0.15) is 67.9 Å². The van der Waals surface area contributed by atoms with Crippen LogP contribution in [0.4, 0.5) is 5.82 Å². The van der Waals surface area contributed by atoms with Crippen molar-refractivity contribution in [3.8, 4) is 5.69 Å². The standard InChI is InChI=1S/C29H33N3O3/c1-20(2)32(28(33)24-15-9-21(3)10-16-24)27-26(29(34)35)19-31(30-27)25-17-13-23(14-18-25)12-11-22-7-5-4-6-8-22/h4-8,11-14,17-21,24H,9-10,15-16H2,1-3H3,(H,34,35)/t21-,24-. The highest BCUT2D eigenvalue weighted by atomic mass is 16.4. The first kappa shape index (κ1) is 24.5. The van der Waals surface area contributed by atoms with Gasteiger partial charge in [-0.05, 0) is 68.7 Å². The van der Waals surface area contributed by atoms with Crippen LogP contribution in [0.15, 0.2) is 60.8 Å². The molecule has 1 aliphatic rings. The fourth-order valence-electron chi connectivity index (χ4n) is 4.63. The smallest absolute Gasteiger partial charge is 0.341 e. The van der Waals surface area contributed by atoms with Crippen LogP contribution in [0.25, 0.3) is 17.8 Å². The maximum absolute atomic E-state index is 13.5. The van der Waals surface area contributed by atoms with Crippen LogP contribution < -0.4 is 4.90 Å². The summed E-state index contributed by atoms with van der Waals surface area (Å²) in [6.07, 6.45) is 9.29. The molecule has 0 saturated heterocycles. The van der Waals surface area contributed by atoms with E-state index in [2.05, 4.69) is 12.0 Å². The molecule has 1 aliphatic carbocycles. The molecule has 0 unspecified atom stereocenters. The molecule has 1 aromatic heterocycles. The third-order valence-electron chi connectivity index (χ3n) is 6.70. The molecule has 0 aliphatic heterocycles. The van der Waals surface area contributed by atoms with Gasteiger partial charge in [-0.2, -0.15) is 0 Å². The Hall–Kier alpha value is -3.67. The minimum absolute atomic E-state index is 0.0268. The lowest BCUT2D eigenvalue weighted by molar-refractivity contribution is -0.123. The first-order valence-electron chi connectivity index (χ1n) is 12.3. The molecule has 0 bridgehead atoms. The number of benzene rings is 2. The van der Waals surface area contributed by atoms with Gasteiger partial charge in [0.1, 0.15) is 5.56 Å². The first-order valence-corrected chi connectivity index (χ1v) is 12.3. The summed E-state index contributed by atoms with van der Waals surface area (Å²) in [7, 11) is 0. The molecule has 6 nitrogen and oxygen atoms in total. The van der Waals surface area contributed by atoms with E-state index in [0.717, 1.165) is 42.5 Å². The normalized spacial score (nSPS) is 18.2. The average molecular weight is 472 g/mol. The predicted molar refractivity (Wildman–Crippen MR) is 140 cm³/mol. The molecule has 182 valence electrons. The summed E-state index contributed by atoms with van der Waals surface area (Å²) in [4.78, 5) is 27.2. The fraction of sp³-hybridized carbons (Fsp3) is 0.345. The van der Waals surface area contributed by atoms with Gasteiger partial charge in [0, 0.05) is 18.2 Å². The van der Waals surface area contributed by atoms with Gasteiger partial charge in [-0.25, -0.2) is 9.48 Å². The summed E-state index contributed by atoms with van der Waals surface area (Å²) in [5.74, 6) is -0.364. The molecule has 1 N–H and O–H groups in total. The topological polar surface area (TPSA) is 75.4 Å².